The fourth-order valence-corrected chi connectivity index (χ4v) is 3.12. The second kappa shape index (κ2) is 8.13. The summed E-state index contributed by atoms with van der Waals surface area (Å²) in [5, 5.41) is 2.83. The van der Waals surface area contributed by atoms with Crippen LogP contribution in [0, 0.1) is 0 Å². The maximum Gasteiger partial charge on any atom is 0.242 e. The van der Waals surface area contributed by atoms with Crippen molar-refractivity contribution in [2.45, 2.75) is 17.9 Å². The van der Waals surface area contributed by atoms with Gasteiger partial charge in [0.05, 0.1) is 18.4 Å². The summed E-state index contributed by atoms with van der Waals surface area (Å²) < 4.78 is 30.3. The van der Waals surface area contributed by atoms with E-state index in [1.54, 1.807) is 31.4 Å². The Bertz CT molecular complexity index is 830. The Kier molecular flexibility index (Phi) is 6.17. The molecule has 25 heavy (non-hydrogen) atoms. The Morgan fingerprint density at radius 2 is 1.76 bits per heavy atom. The van der Waals surface area contributed by atoms with Gasteiger partial charge in [-0.05, 0) is 35.4 Å². The molecule has 0 unspecified atom stereocenters. The molecule has 0 saturated heterocycles. The van der Waals surface area contributed by atoms with Gasteiger partial charge in [0.15, 0.2) is 0 Å². The Hall–Kier alpha value is -2.38. The summed E-state index contributed by atoms with van der Waals surface area (Å²) in [6.45, 7) is 0.338. The van der Waals surface area contributed by atoms with E-state index in [0.29, 0.717) is 12.3 Å². The van der Waals surface area contributed by atoms with Crippen LogP contribution in [0.4, 0.5) is 0 Å². The van der Waals surface area contributed by atoms with Gasteiger partial charge in [-0.3, -0.25) is 4.79 Å². The molecule has 1 amide bonds. The van der Waals surface area contributed by atoms with E-state index in [9.17, 15) is 13.2 Å². The molecule has 0 saturated carbocycles. The highest BCUT2D eigenvalue weighted by Crippen LogP contribution is 2.15. The van der Waals surface area contributed by atoms with E-state index in [4.69, 9.17) is 4.74 Å². The summed E-state index contributed by atoms with van der Waals surface area (Å²) in [5.41, 5.74) is 1.70. The van der Waals surface area contributed by atoms with E-state index in [2.05, 4.69) is 5.32 Å². The van der Waals surface area contributed by atoms with Crippen molar-refractivity contribution < 1.29 is 17.9 Å². The third-order valence-electron chi connectivity index (χ3n) is 3.69. The van der Waals surface area contributed by atoms with E-state index in [1.165, 1.54) is 14.1 Å². The number of benzene rings is 2. The lowest BCUT2D eigenvalue weighted by Gasteiger charge is -2.12. The third kappa shape index (κ3) is 5.04. The van der Waals surface area contributed by atoms with Crippen LogP contribution in [0.3, 0.4) is 0 Å². The molecule has 2 aromatic rings. The number of ether oxygens (including phenoxy) is 1. The van der Waals surface area contributed by atoms with Crippen LogP contribution >= 0.6 is 0 Å². The maximum atomic E-state index is 12.0. The molecule has 1 N–H and O–H groups in total. The molecule has 0 radical (unpaired) electrons. The summed E-state index contributed by atoms with van der Waals surface area (Å²) in [6.07, 6.45) is 0.254. The van der Waals surface area contributed by atoms with Crippen LogP contribution in [-0.4, -0.2) is 39.8 Å². The first kappa shape index (κ1) is 19.0. The third-order valence-corrected chi connectivity index (χ3v) is 5.52. The molecule has 0 fully saturated rings. The number of nitrogens with one attached hydrogen (secondary N) is 1. The summed E-state index contributed by atoms with van der Waals surface area (Å²) in [7, 11) is 1.12. The van der Waals surface area contributed by atoms with Gasteiger partial charge in [0.25, 0.3) is 0 Å². The van der Waals surface area contributed by atoms with Crippen molar-refractivity contribution in [1.29, 1.82) is 0 Å². The molecule has 7 heteroatoms. The van der Waals surface area contributed by atoms with Crippen LogP contribution < -0.4 is 10.1 Å². The molecule has 0 aliphatic rings. The fourth-order valence-electron chi connectivity index (χ4n) is 2.22. The van der Waals surface area contributed by atoms with Crippen molar-refractivity contribution in [3.05, 3.63) is 59.7 Å². The fraction of sp³-hybridized carbons (Fsp3) is 0.278. The zero-order valence-corrected chi connectivity index (χ0v) is 15.3. The Morgan fingerprint density at radius 3 is 2.36 bits per heavy atom. The zero-order valence-electron chi connectivity index (χ0n) is 14.5. The Labute approximate surface area is 148 Å². The van der Waals surface area contributed by atoms with Gasteiger partial charge in [0.2, 0.25) is 15.9 Å². The molecule has 0 aliphatic heterocycles. The van der Waals surface area contributed by atoms with Gasteiger partial charge in [-0.15, -0.1) is 0 Å². The molecule has 2 rings (SSSR count). The minimum atomic E-state index is -3.44. The van der Waals surface area contributed by atoms with Gasteiger partial charge in [0, 0.05) is 20.6 Å². The number of sulfonamides is 1. The highest BCUT2D eigenvalue weighted by molar-refractivity contribution is 7.89. The summed E-state index contributed by atoms with van der Waals surface area (Å²) >= 11 is 0. The van der Waals surface area contributed by atoms with E-state index in [1.807, 2.05) is 24.3 Å². The van der Waals surface area contributed by atoms with E-state index < -0.39 is 10.0 Å². The van der Waals surface area contributed by atoms with Crippen molar-refractivity contribution in [3.63, 3.8) is 0 Å². The lowest BCUT2D eigenvalue weighted by atomic mass is 10.1. The first-order valence-electron chi connectivity index (χ1n) is 7.74. The average Bonchev–Trinajstić information content (AvgIpc) is 2.60. The van der Waals surface area contributed by atoms with Crippen molar-refractivity contribution >= 4 is 15.9 Å². The van der Waals surface area contributed by atoms with E-state index >= 15 is 0 Å². The molecule has 0 atom stereocenters. The van der Waals surface area contributed by atoms with Crippen LogP contribution in [0.5, 0.6) is 5.75 Å². The van der Waals surface area contributed by atoms with Crippen LogP contribution in [0.1, 0.15) is 11.1 Å². The lowest BCUT2D eigenvalue weighted by Crippen LogP contribution is -2.25. The minimum absolute atomic E-state index is 0.113. The SMILES string of the molecule is COc1cccc(CC(=O)NCc2ccc(S(=O)(=O)N(C)C)cc2)c1. The second-order valence-corrected chi connectivity index (χ2v) is 7.89. The largest absolute Gasteiger partial charge is 0.497 e. The second-order valence-electron chi connectivity index (χ2n) is 5.74. The Morgan fingerprint density at radius 1 is 1.08 bits per heavy atom. The number of carbonyl (C=O) groups excluding carboxylic acids is 1. The smallest absolute Gasteiger partial charge is 0.242 e. The van der Waals surface area contributed by atoms with E-state index in [0.717, 1.165) is 15.4 Å². The molecular weight excluding hydrogens is 340 g/mol. The van der Waals surface area contributed by atoms with Crippen LogP contribution in [0.25, 0.3) is 0 Å². The molecule has 6 nitrogen and oxygen atoms in total. The molecule has 0 spiro atoms. The molecule has 134 valence electrons. The molecule has 0 aliphatic carbocycles. The van der Waals surface area contributed by atoms with Crippen LogP contribution in [0.15, 0.2) is 53.4 Å². The minimum Gasteiger partial charge on any atom is -0.497 e. The van der Waals surface area contributed by atoms with Gasteiger partial charge >= 0.3 is 0 Å². The number of amides is 1. The topological polar surface area (TPSA) is 75.7 Å². The number of methoxy groups -OCH3 is 1. The standard InChI is InChI=1S/C18H22N2O4S/c1-20(2)25(22,23)17-9-7-14(8-10-17)13-19-18(21)12-15-5-4-6-16(11-15)24-3/h4-11H,12-13H2,1-3H3,(H,19,21). The van der Waals surface area contributed by atoms with Crippen molar-refractivity contribution in [2.24, 2.45) is 0 Å². The number of carbonyl (C=O) groups is 1. The summed E-state index contributed by atoms with van der Waals surface area (Å²) in [6, 6.07) is 13.8. The normalized spacial score (nSPS) is 11.4. The quantitative estimate of drug-likeness (QED) is 0.815. The monoisotopic (exact) mass is 362 g/mol. The van der Waals surface area contributed by atoms with Gasteiger partial charge in [-0.1, -0.05) is 24.3 Å². The molecule has 2 aromatic carbocycles. The first-order valence-corrected chi connectivity index (χ1v) is 9.18. The molecule has 0 heterocycles. The average molecular weight is 362 g/mol. The van der Waals surface area contributed by atoms with E-state index in [-0.39, 0.29) is 17.2 Å². The predicted molar refractivity (Wildman–Crippen MR) is 95.9 cm³/mol. The van der Waals surface area contributed by atoms with Crippen molar-refractivity contribution in [1.82, 2.24) is 9.62 Å². The highest BCUT2D eigenvalue weighted by Gasteiger charge is 2.16. The van der Waals surface area contributed by atoms with Crippen molar-refractivity contribution in [2.75, 3.05) is 21.2 Å². The highest BCUT2D eigenvalue weighted by atomic mass is 32.2. The summed E-state index contributed by atoms with van der Waals surface area (Å²) in [4.78, 5) is 12.3. The molecule has 0 aromatic heterocycles. The zero-order chi connectivity index (χ0) is 18.4. The molecule has 0 bridgehead atoms. The lowest BCUT2D eigenvalue weighted by molar-refractivity contribution is -0.120. The van der Waals surface area contributed by atoms with Crippen LogP contribution in [0.2, 0.25) is 0 Å². The number of hydrogen-bond donors (Lipinski definition) is 1. The predicted octanol–water partition coefficient (Wildman–Crippen LogP) is 1.80. The van der Waals surface area contributed by atoms with Crippen LogP contribution in [-0.2, 0) is 27.8 Å². The maximum absolute atomic E-state index is 12.0. The van der Waals surface area contributed by atoms with Gasteiger partial charge in [0.1, 0.15) is 5.75 Å². The van der Waals surface area contributed by atoms with Crippen molar-refractivity contribution in [3.8, 4) is 5.75 Å². The first-order chi connectivity index (χ1) is 11.8. The molecular formula is C18H22N2O4S. The number of nitrogens with zero attached hydrogens (tertiary/aromatic N) is 1. The van der Waals surface area contributed by atoms with Gasteiger partial charge in [-0.2, -0.15) is 0 Å². The van der Waals surface area contributed by atoms with Gasteiger partial charge < -0.3 is 10.1 Å². The summed E-state index contributed by atoms with van der Waals surface area (Å²) in [5.74, 6) is 0.598. The Balaban J connectivity index is 1.93. The number of hydrogen-bond acceptors (Lipinski definition) is 4. The van der Waals surface area contributed by atoms with Gasteiger partial charge in [-0.25, -0.2) is 12.7 Å². The number of rotatable bonds is 7.